The third kappa shape index (κ3) is 2.99. The van der Waals surface area contributed by atoms with Crippen molar-refractivity contribution in [2.45, 2.75) is 57.7 Å². The smallest absolute Gasteiger partial charge is 0.215 e. The predicted octanol–water partition coefficient (Wildman–Crippen LogP) is 2.50. The van der Waals surface area contributed by atoms with E-state index in [1.165, 1.54) is 0 Å². The molecule has 3 aliphatic carbocycles. The molecule has 0 amide bonds. The molecule has 1 N–H and O–H groups in total. The lowest BCUT2D eigenvalue weighted by molar-refractivity contribution is 0.325. The number of aromatic nitrogens is 1. The van der Waals surface area contributed by atoms with E-state index in [1.54, 1.807) is 0 Å². The van der Waals surface area contributed by atoms with Crippen molar-refractivity contribution < 1.29 is 12.9 Å². The van der Waals surface area contributed by atoms with Gasteiger partial charge in [0.05, 0.1) is 10.9 Å². The minimum atomic E-state index is -3.29. The molecule has 4 rings (SSSR count). The molecular formula is C16H24N2O3S. The van der Waals surface area contributed by atoms with Crippen LogP contribution in [0.25, 0.3) is 0 Å². The highest BCUT2D eigenvalue weighted by Crippen LogP contribution is 2.39. The van der Waals surface area contributed by atoms with Gasteiger partial charge in [0.1, 0.15) is 5.76 Å². The number of nitrogens with zero attached hydrogens (tertiary/aromatic N) is 1. The number of rotatable bonds is 5. The summed E-state index contributed by atoms with van der Waals surface area (Å²) in [6.07, 6.45) is 7.77. The third-order valence-corrected chi connectivity index (χ3v) is 7.04. The standard InChI is InChI=1S/C16H24N2O3S/c1-10(8-15-11(2)17-21-12(15)3)18-22(19,20)16-9-13-4-6-14(16)7-5-13/h4,6,10,13-14,16,18H,5,7-9H2,1-3H3. The van der Waals surface area contributed by atoms with Crippen LogP contribution in [0, 0.1) is 25.7 Å². The minimum Gasteiger partial charge on any atom is -0.361 e. The Hall–Kier alpha value is -1.14. The zero-order valence-corrected chi connectivity index (χ0v) is 14.2. The number of nitrogens with one attached hydrogen (secondary N) is 1. The number of hydrogen-bond acceptors (Lipinski definition) is 4. The van der Waals surface area contributed by atoms with Crippen LogP contribution in [-0.2, 0) is 16.4 Å². The maximum absolute atomic E-state index is 12.7. The van der Waals surface area contributed by atoms with E-state index in [9.17, 15) is 8.42 Å². The highest BCUT2D eigenvalue weighted by atomic mass is 32.2. The summed E-state index contributed by atoms with van der Waals surface area (Å²) in [7, 11) is -3.29. The maximum Gasteiger partial charge on any atom is 0.215 e. The highest BCUT2D eigenvalue weighted by molar-refractivity contribution is 7.90. The number of sulfonamides is 1. The van der Waals surface area contributed by atoms with Crippen LogP contribution in [0.15, 0.2) is 16.7 Å². The van der Waals surface area contributed by atoms with Gasteiger partial charge in [0, 0.05) is 11.6 Å². The first-order valence-corrected chi connectivity index (χ1v) is 9.52. The van der Waals surface area contributed by atoms with Crippen LogP contribution >= 0.6 is 0 Å². The van der Waals surface area contributed by atoms with Gasteiger partial charge in [0.2, 0.25) is 10.0 Å². The second-order valence-electron chi connectivity index (χ2n) is 6.73. The second-order valence-corrected chi connectivity index (χ2v) is 8.66. The fraction of sp³-hybridized carbons (Fsp3) is 0.688. The van der Waals surface area contributed by atoms with Gasteiger partial charge >= 0.3 is 0 Å². The van der Waals surface area contributed by atoms with Crippen LogP contribution < -0.4 is 4.72 Å². The van der Waals surface area contributed by atoms with E-state index >= 15 is 0 Å². The molecule has 22 heavy (non-hydrogen) atoms. The summed E-state index contributed by atoms with van der Waals surface area (Å²) >= 11 is 0. The predicted molar refractivity (Wildman–Crippen MR) is 85.0 cm³/mol. The van der Waals surface area contributed by atoms with Gasteiger partial charge in [-0.05, 0) is 58.3 Å². The highest BCUT2D eigenvalue weighted by Gasteiger charge is 2.40. The molecular weight excluding hydrogens is 300 g/mol. The molecule has 0 aliphatic heterocycles. The lowest BCUT2D eigenvalue weighted by Crippen LogP contribution is -2.46. The minimum absolute atomic E-state index is 0.161. The summed E-state index contributed by atoms with van der Waals surface area (Å²) in [5, 5.41) is 3.65. The molecule has 2 bridgehead atoms. The number of hydrogen-bond donors (Lipinski definition) is 1. The molecule has 0 aromatic carbocycles. The van der Waals surface area contributed by atoms with Crippen LogP contribution in [0.3, 0.4) is 0 Å². The summed E-state index contributed by atoms with van der Waals surface area (Å²) in [5.41, 5.74) is 1.84. The van der Waals surface area contributed by atoms with Gasteiger partial charge in [0.25, 0.3) is 0 Å². The zero-order valence-electron chi connectivity index (χ0n) is 13.4. The maximum atomic E-state index is 12.7. The van der Waals surface area contributed by atoms with Crippen molar-refractivity contribution in [2.75, 3.05) is 0 Å². The Balaban J connectivity index is 1.68. The summed E-state index contributed by atoms with van der Waals surface area (Å²) in [6.45, 7) is 5.65. The van der Waals surface area contributed by atoms with Crippen molar-refractivity contribution in [3.05, 3.63) is 29.2 Å². The van der Waals surface area contributed by atoms with Crippen molar-refractivity contribution in [3.8, 4) is 0 Å². The van der Waals surface area contributed by atoms with Crippen molar-refractivity contribution >= 4 is 10.0 Å². The van der Waals surface area contributed by atoms with E-state index in [1.807, 2.05) is 20.8 Å². The molecule has 1 fully saturated rings. The Morgan fingerprint density at radius 1 is 1.36 bits per heavy atom. The van der Waals surface area contributed by atoms with Crippen LogP contribution in [0.1, 0.15) is 43.2 Å². The average molecular weight is 324 g/mol. The van der Waals surface area contributed by atoms with Crippen LogP contribution in [0.2, 0.25) is 0 Å². The Kier molecular flexibility index (Phi) is 4.16. The lowest BCUT2D eigenvalue weighted by Gasteiger charge is -2.37. The van der Waals surface area contributed by atoms with E-state index in [0.717, 1.165) is 36.3 Å². The number of aryl methyl sites for hydroxylation is 2. The van der Waals surface area contributed by atoms with Crippen LogP contribution in [0.5, 0.6) is 0 Å². The summed E-state index contributed by atoms with van der Waals surface area (Å²) < 4.78 is 33.4. The fourth-order valence-corrected chi connectivity index (χ4v) is 5.75. The molecule has 6 heteroatoms. The topological polar surface area (TPSA) is 72.2 Å². The van der Waals surface area contributed by atoms with E-state index in [4.69, 9.17) is 4.52 Å². The molecule has 1 heterocycles. The third-order valence-electron chi connectivity index (χ3n) is 4.97. The summed E-state index contributed by atoms with van der Waals surface area (Å²) in [5.74, 6) is 1.38. The first-order chi connectivity index (χ1) is 10.4. The number of fused-ring (bicyclic) bond motifs is 2. The molecule has 1 aromatic rings. The van der Waals surface area contributed by atoms with Gasteiger partial charge in [-0.2, -0.15) is 0 Å². The quantitative estimate of drug-likeness (QED) is 0.845. The molecule has 4 unspecified atom stereocenters. The summed E-state index contributed by atoms with van der Waals surface area (Å²) in [4.78, 5) is 0. The van der Waals surface area contributed by atoms with E-state index in [-0.39, 0.29) is 17.2 Å². The van der Waals surface area contributed by atoms with Gasteiger partial charge < -0.3 is 4.52 Å². The molecule has 122 valence electrons. The second kappa shape index (κ2) is 5.81. The van der Waals surface area contributed by atoms with E-state index in [0.29, 0.717) is 12.3 Å². The Labute approximate surface area is 132 Å². The van der Waals surface area contributed by atoms with E-state index in [2.05, 4.69) is 22.0 Å². The number of allylic oxidation sites excluding steroid dienone is 2. The molecule has 1 aromatic heterocycles. The van der Waals surface area contributed by atoms with Gasteiger partial charge in [-0.15, -0.1) is 0 Å². The molecule has 5 nitrogen and oxygen atoms in total. The van der Waals surface area contributed by atoms with Gasteiger partial charge in [-0.1, -0.05) is 17.3 Å². The van der Waals surface area contributed by atoms with Crippen molar-refractivity contribution in [1.29, 1.82) is 0 Å². The molecule has 4 atom stereocenters. The molecule has 0 saturated heterocycles. The molecule has 0 spiro atoms. The molecule has 0 radical (unpaired) electrons. The largest absolute Gasteiger partial charge is 0.361 e. The van der Waals surface area contributed by atoms with E-state index < -0.39 is 10.0 Å². The SMILES string of the molecule is Cc1noc(C)c1CC(C)NS(=O)(=O)C1CC2C=CC1CC2. The first kappa shape index (κ1) is 15.7. The summed E-state index contributed by atoms with van der Waals surface area (Å²) in [6, 6.07) is -0.161. The average Bonchev–Trinajstić information content (AvgIpc) is 2.80. The van der Waals surface area contributed by atoms with Crippen LogP contribution in [-0.4, -0.2) is 24.9 Å². The van der Waals surface area contributed by atoms with Crippen molar-refractivity contribution in [1.82, 2.24) is 9.88 Å². The first-order valence-electron chi connectivity index (χ1n) is 7.98. The van der Waals surface area contributed by atoms with Gasteiger partial charge in [-0.25, -0.2) is 13.1 Å². The van der Waals surface area contributed by atoms with Crippen molar-refractivity contribution in [2.24, 2.45) is 11.8 Å². The van der Waals surface area contributed by atoms with Gasteiger partial charge in [0.15, 0.2) is 0 Å². The zero-order chi connectivity index (χ0) is 15.9. The van der Waals surface area contributed by atoms with Crippen LogP contribution in [0.4, 0.5) is 0 Å². The Bertz CT molecular complexity index is 658. The Morgan fingerprint density at radius 2 is 2.14 bits per heavy atom. The normalized spacial score (nSPS) is 29.0. The molecule has 1 saturated carbocycles. The monoisotopic (exact) mass is 324 g/mol. The van der Waals surface area contributed by atoms with Crippen molar-refractivity contribution in [3.63, 3.8) is 0 Å². The lowest BCUT2D eigenvalue weighted by atomic mass is 9.76. The fourth-order valence-electron chi connectivity index (χ4n) is 3.74. The molecule has 3 aliphatic rings. The Morgan fingerprint density at radius 3 is 2.64 bits per heavy atom. The van der Waals surface area contributed by atoms with Gasteiger partial charge in [-0.3, -0.25) is 0 Å².